The third-order valence-corrected chi connectivity index (χ3v) is 3.88. The topological polar surface area (TPSA) is 48.9 Å². The second-order valence-corrected chi connectivity index (χ2v) is 5.72. The summed E-state index contributed by atoms with van der Waals surface area (Å²) in [6.45, 7) is 12.3. The second-order valence-electron chi connectivity index (χ2n) is 5.72. The molecule has 0 aliphatic heterocycles. The van der Waals surface area contributed by atoms with E-state index >= 15 is 0 Å². The summed E-state index contributed by atoms with van der Waals surface area (Å²) in [4.78, 5) is 7.11. The largest absolute Gasteiger partial charge is 0.497 e. The molecule has 6 heteroatoms. The fourth-order valence-corrected chi connectivity index (χ4v) is 2.51. The molecule has 0 radical (unpaired) electrons. The van der Waals surface area contributed by atoms with Gasteiger partial charge in [0.2, 0.25) is 0 Å². The maximum Gasteiger partial charge on any atom is 0.191 e. The average Bonchev–Trinajstić information content (AvgIpc) is 2.61. The zero-order valence-corrected chi connectivity index (χ0v) is 18.5. The summed E-state index contributed by atoms with van der Waals surface area (Å²) in [6.07, 6.45) is 2.16. The van der Waals surface area contributed by atoms with E-state index in [2.05, 4.69) is 53.4 Å². The molecule has 1 aromatic rings. The number of rotatable bonds is 11. The third-order valence-electron chi connectivity index (χ3n) is 3.88. The van der Waals surface area contributed by atoms with Crippen LogP contribution < -0.4 is 15.4 Å². The van der Waals surface area contributed by atoms with Crippen molar-refractivity contribution in [2.75, 3.05) is 46.4 Å². The molecule has 0 fully saturated rings. The first-order valence-corrected chi connectivity index (χ1v) is 9.10. The molecular weight excluding hydrogens is 427 g/mol. The van der Waals surface area contributed by atoms with Crippen LogP contribution in [0.5, 0.6) is 5.75 Å². The van der Waals surface area contributed by atoms with Gasteiger partial charge in [-0.05, 0) is 50.6 Å². The van der Waals surface area contributed by atoms with Crippen LogP contribution in [0.1, 0.15) is 32.8 Å². The third kappa shape index (κ3) is 10.5. The Bertz CT molecular complexity index is 465. The highest BCUT2D eigenvalue weighted by Crippen LogP contribution is 2.11. The molecule has 0 aliphatic carbocycles. The van der Waals surface area contributed by atoms with Crippen molar-refractivity contribution in [3.8, 4) is 5.75 Å². The number of nitrogens with zero attached hydrogens (tertiary/aromatic N) is 2. The van der Waals surface area contributed by atoms with E-state index in [0.29, 0.717) is 0 Å². The van der Waals surface area contributed by atoms with E-state index in [9.17, 15) is 0 Å². The molecule has 25 heavy (non-hydrogen) atoms. The lowest BCUT2D eigenvalue weighted by Crippen LogP contribution is -2.39. The zero-order valence-electron chi connectivity index (χ0n) is 16.2. The summed E-state index contributed by atoms with van der Waals surface area (Å²) >= 11 is 0. The van der Waals surface area contributed by atoms with Crippen LogP contribution in [0.15, 0.2) is 29.3 Å². The summed E-state index contributed by atoms with van der Waals surface area (Å²) in [7, 11) is 1.69. The lowest BCUT2D eigenvalue weighted by molar-refractivity contribution is 0.297. The van der Waals surface area contributed by atoms with Gasteiger partial charge in [-0.2, -0.15) is 0 Å². The number of hydrogen-bond donors (Lipinski definition) is 2. The van der Waals surface area contributed by atoms with Gasteiger partial charge in [-0.25, -0.2) is 0 Å². The molecule has 0 aliphatic rings. The monoisotopic (exact) mass is 462 g/mol. The van der Waals surface area contributed by atoms with Crippen molar-refractivity contribution in [1.82, 2.24) is 15.5 Å². The van der Waals surface area contributed by atoms with Gasteiger partial charge in [0.1, 0.15) is 5.75 Å². The highest BCUT2D eigenvalue weighted by molar-refractivity contribution is 14.0. The van der Waals surface area contributed by atoms with E-state index < -0.39 is 0 Å². The number of likely N-dealkylation sites (N-methyl/N-ethyl adjacent to an activating group) is 1. The molecule has 0 amide bonds. The second kappa shape index (κ2) is 15.3. The Morgan fingerprint density at radius 2 is 1.80 bits per heavy atom. The first-order chi connectivity index (χ1) is 11.7. The summed E-state index contributed by atoms with van der Waals surface area (Å²) in [5, 5.41) is 6.72. The number of benzene rings is 1. The maximum absolute atomic E-state index is 5.19. The van der Waals surface area contributed by atoms with Gasteiger partial charge in [-0.15, -0.1) is 24.0 Å². The molecule has 144 valence electrons. The van der Waals surface area contributed by atoms with Crippen LogP contribution in [-0.4, -0.2) is 57.2 Å². The Balaban J connectivity index is 0.00000576. The van der Waals surface area contributed by atoms with Crippen molar-refractivity contribution in [3.05, 3.63) is 29.8 Å². The van der Waals surface area contributed by atoms with Crippen LogP contribution in [0, 0.1) is 0 Å². The molecular formula is C19H35IN4O. The van der Waals surface area contributed by atoms with Crippen molar-refractivity contribution in [2.24, 2.45) is 4.99 Å². The first kappa shape index (κ1) is 24.0. The Kier molecular flexibility index (Phi) is 14.6. The quantitative estimate of drug-likeness (QED) is 0.302. The molecule has 0 heterocycles. The Hall–Kier alpha value is -1.02. The molecule has 0 atom stereocenters. The van der Waals surface area contributed by atoms with E-state index in [1.807, 2.05) is 12.1 Å². The molecule has 5 nitrogen and oxygen atoms in total. The number of ether oxygens (including phenoxy) is 1. The number of halogens is 1. The summed E-state index contributed by atoms with van der Waals surface area (Å²) in [5.74, 6) is 1.80. The highest BCUT2D eigenvalue weighted by atomic mass is 127. The predicted molar refractivity (Wildman–Crippen MR) is 118 cm³/mol. The van der Waals surface area contributed by atoms with Crippen molar-refractivity contribution in [1.29, 1.82) is 0 Å². The van der Waals surface area contributed by atoms with Crippen molar-refractivity contribution in [2.45, 2.75) is 33.6 Å². The number of nitrogens with one attached hydrogen (secondary N) is 2. The van der Waals surface area contributed by atoms with Crippen LogP contribution in [0.25, 0.3) is 0 Å². The van der Waals surface area contributed by atoms with Crippen LogP contribution in [0.3, 0.4) is 0 Å². The Morgan fingerprint density at radius 1 is 1.08 bits per heavy atom. The molecule has 0 saturated carbocycles. The highest BCUT2D eigenvalue weighted by Gasteiger charge is 2.01. The molecule has 0 saturated heterocycles. The van der Waals surface area contributed by atoms with Gasteiger partial charge in [0, 0.05) is 19.6 Å². The lowest BCUT2D eigenvalue weighted by atomic mass is 10.1. The number of guanidine groups is 1. The van der Waals surface area contributed by atoms with E-state index in [-0.39, 0.29) is 24.0 Å². The number of aliphatic imine (C=N–C) groups is 1. The van der Waals surface area contributed by atoms with Crippen molar-refractivity contribution >= 4 is 29.9 Å². The summed E-state index contributed by atoms with van der Waals surface area (Å²) in [6, 6.07) is 8.21. The summed E-state index contributed by atoms with van der Waals surface area (Å²) < 4.78 is 5.19. The molecule has 0 aromatic heterocycles. The standard InChI is InChI=1S/C19H34N4O.HI/c1-5-15-23(7-3)16-14-22-19(20-6-2)21-13-12-17-8-10-18(24-4)11-9-17;/h8-11H,5-7,12-16H2,1-4H3,(H2,20,21,22);1H. The van der Waals surface area contributed by atoms with Crippen LogP contribution in [0.4, 0.5) is 0 Å². The van der Waals surface area contributed by atoms with Crippen molar-refractivity contribution < 1.29 is 4.74 Å². The maximum atomic E-state index is 5.19. The fourth-order valence-electron chi connectivity index (χ4n) is 2.51. The van der Waals surface area contributed by atoms with E-state index in [1.54, 1.807) is 7.11 Å². The Labute approximate surface area is 170 Å². The van der Waals surface area contributed by atoms with E-state index in [1.165, 1.54) is 12.0 Å². The van der Waals surface area contributed by atoms with Gasteiger partial charge in [0.15, 0.2) is 5.96 Å². The van der Waals surface area contributed by atoms with Gasteiger partial charge in [0.05, 0.1) is 13.7 Å². The predicted octanol–water partition coefficient (Wildman–Crippen LogP) is 3.14. The zero-order chi connectivity index (χ0) is 17.6. The fraction of sp³-hybridized carbons (Fsp3) is 0.632. The number of hydrogen-bond acceptors (Lipinski definition) is 3. The average molecular weight is 462 g/mol. The molecule has 1 aromatic carbocycles. The summed E-state index contributed by atoms with van der Waals surface area (Å²) in [5.41, 5.74) is 1.29. The number of methoxy groups -OCH3 is 1. The molecule has 1 rings (SSSR count). The first-order valence-electron chi connectivity index (χ1n) is 9.10. The molecule has 2 N–H and O–H groups in total. The van der Waals surface area contributed by atoms with Gasteiger partial charge in [-0.3, -0.25) is 4.99 Å². The smallest absolute Gasteiger partial charge is 0.191 e. The van der Waals surface area contributed by atoms with Crippen LogP contribution >= 0.6 is 24.0 Å². The minimum absolute atomic E-state index is 0. The normalized spacial score (nSPS) is 11.2. The SMILES string of the molecule is CCCN(CC)CCN=C(NCC)NCCc1ccc(OC)cc1.I. The Morgan fingerprint density at radius 3 is 2.36 bits per heavy atom. The van der Waals surface area contributed by atoms with Gasteiger partial charge in [0.25, 0.3) is 0 Å². The molecule has 0 bridgehead atoms. The van der Waals surface area contributed by atoms with Crippen LogP contribution in [-0.2, 0) is 6.42 Å². The molecule has 0 spiro atoms. The minimum Gasteiger partial charge on any atom is -0.497 e. The van der Waals surface area contributed by atoms with Gasteiger partial charge < -0.3 is 20.3 Å². The van der Waals surface area contributed by atoms with Gasteiger partial charge in [-0.1, -0.05) is 26.0 Å². The minimum atomic E-state index is 0. The van der Waals surface area contributed by atoms with E-state index in [0.717, 1.165) is 57.4 Å². The van der Waals surface area contributed by atoms with Crippen LogP contribution in [0.2, 0.25) is 0 Å². The molecule has 0 unspecified atom stereocenters. The van der Waals surface area contributed by atoms with Gasteiger partial charge >= 0.3 is 0 Å². The van der Waals surface area contributed by atoms with Crippen molar-refractivity contribution in [3.63, 3.8) is 0 Å². The van der Waals surface area contributed by atoms with E-state index in [4.69, 9.17) is 4.74 Å². The lowest BCUT2D eigenvalue weighted by Gasteiger charge is -2.18.